The highest BCUT2D eigenvalue weighted by atomic mass is 16.5. The van der Waals surface area contributed by atoms with E-state index in [0.29, 0.717) is 11.3 Å². The van der Waals surface area contributed by atoms with E-state index in [-0.39, 0.29) is 18.7 Å². The highest BCUT2D eigenvalue weighted by Crippen LogP contribution is 2.20. The van der Waals surface area contributed by atoms with Gasteiger partial charge in [-0.05, 0) is 35.7 Å². The fourth-order valence-corrected chi connectivity index (χ4v) is 2.63. The lowest BCUT2D eigenvalue weighted by atomic mass is 10.0. The van der Waals surface area contributed by atoms with E-state index in [1.54, 1.807) is 38.3 Å². The van der Waals surface area contributed by atoms with Crippen molar-refractivity contribution in [2.75, 3.05) is 7.11 Å². The number of hydrogen-bond donors (Lipinski definition) is 2. The molecule has 0 saturated carbocycles. The summed E-state index contributed by atoms with van der Waals surface area (Å²) in [4.78, 5) is 12.3. The molecule has 2 aromatic carbocycles. The SMILES string of the molecule is COc1ccc(C(O)C(C)NC(=O)Cc2ccccc2CC#N)cc1. The molecule has 2 rings (SSSR count). The summed E-state index contributed by atoms with van der Waals surface area (Å²) in [7, 11) is 1.58. The maximum atomic E-state index is 12.3. The highest BCUT2D eigenvalue weighted by Gasteiger charge is 2.19. The summed E-state index contributed by atoms with van der Waals surface area (Å²) >= 11 is 0. The van der Waals surface area contributed by atoms with Crippen molar-refractivity contribution in [3.8, 4) is 11.8 Å². The minimum Gasteiger partial charge on any atom is -0.497 e. The molecule has 2 unspecified atom stereocenters. The molecule has 0 aromatic heterocycles. The van der Waals surface area contributed by atoms with Gasteiger partial charge in [-0.3, -0.25) is 4.79 Å². The summed E-state index contributed by atoms with van der Waals surface area (Å²) in [6, 6.07) is 16.1. The molecular weight excluding hydrogens is 316 g/mol. The van der Waals surface area contributed by atoms with Crippen LogP contribution in [0.25, 0.3) is 0 Å². The Hall–Kier alpha value is -2.84. The van der Waals surface area contributed by atoms with E-state index in [1.165, 1.54) is 0 Å². The average molecular weight is 338 g/mol. The van der Waals surface area contributed by atoms with Crippen molar-refractivity contribution < 1.29 is 14.6 Å². The Morgan fingerprint density at radius 1 is 1.20 bits per heavy atom. The van der Waals surface area contributed by atoms with Crippen LogP contribution in [0, 0.1) is 11.3 Å². The first-order valence-corrected chi connectivity index (χ1v) is 8.10. The van der Waals surface area contributed by atoms with E-state index in [4.69, 9.17) is 10.00 Å². The molecule has 0 heterocycles. The number of carbonyl (C=O) groups is 1. The third-order valence-corrected chi connectivity index (χ3v) is 4.06. The van der Waals surface area contributed by atoms with Crippen LogP contribution in [0.4, 0.5) is 0 Å². The molecule has 25 heavy (non-hydrogen) atoms. The van der Waals surface area contributed by atoms with E-state index in [0.717, 1.165) is 11.1 Å². The number of carbonyl (C=O) groups excluding carboxylic acids is 1. The smallest absolute Gasteiger partial charge is 0.224 e. The zero-order chi connectivity index (χ0) is 18.2. The van der Waals surface area contributed by atoms with Crippen molar-refractivity contribution in [2.24, 2.45) is 0 Å². The molecule has 0 radical (unpaired) electrons. The van der Waals surface area contributed by atoms with Crippen LogP contribution < -0.4 is 10.1 Å². The van der Waals surface area contributed by atoms with Crippen LogP contribution in [0.1, 0.15) is 29.7 Å². The number of methoxy groups -OCH3 is 1. The second-order valence-corrected chi connectivity index (χ2v) is 5.85. The Morgan fingerprint density at radius 3 is 2.44 bits per heavy atom. The molecule has 5 heteroatoms. The van der Waals surface area contributed by atoms with Gasteiger partial charge in [-0.25, -0.2) is 0 Å². The quantitative estimate of drug-likeness (QED) is 0.813. The van der Waals surface area contributed by atoms with Crippen molar-refractivity contribution in [1.29, 1.82) is 5.26 Å². The zero-order valence-corrected chi connectivity index (χ0v) is 14.4. The Labute approximate surface area is 147 Å². The molecule has 2 atom stereocenters. The highest BCUT2D eigenvalue weighted by molar-refractivity contribution is 5.79. The number of hydrogen-bond acceptors (Lipinski definition) is 4. The summed E-state index contributed by atoms with van der Waals surface area (Å²) in [5.41, 5.74) is 2.38. The summed E-state index contributed by atoms with van der Waals surface area (Å²) in [6.07, 6.45) is -0.366. The molecule has 0 bridgehead atoms. The fraction of sp³-hybridized carbons (Fsp3) is 0.300. The van der Waals surface area contributed by atoms with E-state index < -0.39 is 12.1 Å². The zero-order valence-electron chi connectivity index (χ0n) is 14.4. The molecule has 0 fully saturated rings. The molecule has 0 aliphatic heterocycles. The van der Waals surface area contributed by atoms with Crippen molar-refractivity contribution >= 4 is 5.91 Å². The predicted octanol–water partition coefficient (Wildman–Crippen LogP) is 2.54. The number of aliphatic hydroxyl groups is 1. The fourth-order valence-electron chi connectivity index (χ4n) is 2.63. The number of nitriles is 1. The van der Waals surface area contributed by atoms with Gasteiger partial charge in [0.2, 0.25) is 5.91 Å². The largest absolute Gasteiger partial charge is 0.497 e. The monoisotopic (exact) mass is 338 g/mol. The first-order valence-electron chi connectivity index (χ1n) is 8.10. The molecule has 0 spiro atoms. The van der Waals surface area contributed by atoms with Gasteiger partial charge in [-0.1, -0.05) is 36.4 Å². The number of nitrogens with zero attached hydrogens (tertiary/aromatic N) is 1. The normalized spacial score (nSPS) is 12.7. The van der Waals surface area contributed by atoms with Gasteiger partial charge in [0.15, 0.2) is 0 Å². The summed E-state index contributed by atoms with van der Waals surface area (Å²) in [6.45, 7) is 1.76. The lowest BCUT2D eigenvalue weighted by Gasteiger charge is -2.21. The van der Waals surface area contributed by atoms with Gasteiger partial charge in [-0.2, -0.15) is 5.26 Å². The van der Waals surface area contributed by atoms with Crippen molar-refractivity contribution in [1.82, 2.24) is 5.32 Å². The van der Waals surface area contributed by atoms with Gasteiger partial charge in [0.05, 0.1) is 38.2 Å². The van der Waals surface area contributed by atoms with Crippen LogP contribution in [0.2, 0.25) is 0 Å². The Balaban J connectivity index is 1.98. The van der Waals surface area contributed by atoms with Crippen LogP contribution in [0.3, 0.4) is 0 Å². The molecule has 0 aliphatic rings. The molecule has 130 valence electrons. The molecule has 2 aromatic rings. The number of nitrogens with one attached hydrogen (secondary N) is 1. The van der Waals surface area contributed by atoms with Crippen molar-refractivity contribution in [2.45, 2.75) is 31.9 Å². The second kappa shape index (κ2) is 8.86. The second-order valence-electron chi connectivity index (χ2n) is 5.85. The van der Waals surface area contributed by atoms with Gasteiger partial charge in [-0.15, -0.1) is 0 Å². The lowest BCUT2D eigenvalue weighted by Crippen LogP contribution is -2.38. The summed E-state index contributed by atoms with van der Waals surface area (Å²) < 4.78 is 5.10. The summed E-state index contributed by atoms with van der Waals surface area (Å²) in [5.74, 6) is 0.521. The van der Waals surface area contributed by atoms with Crippen LogP contribution in [-0.4, -0.2) is 24.2 Å². The maximum Gasteiger partial charge on any atom is 0.224 e. The van der Waals surface area contributed by atoms with Gasteiger partial charge in [0, 0.05) is 0 Å². The number of rotatable bonds is 7. The van der Waals surface area contributed by atoms with Crippen LogP contribution in [-0.2, 0) is 17.6 Å². The molecule has 5 nitrogen and oxygen atoms in total. The van der Waals surface area contributed by atoms with E-state index in [9.17, 15) is 9.90 Å². The van der Waals surface area contributed by atoms with Crippen LogP contribution in [0.5, 0.6) is 5.75 Å². The maximum absolute atomic E-state index is 12.3. The standard InChI is InChI=1S/C20H22N2O3/c1-14(20(24)16-7-9-18(25-2)10-8-16)22-19(23)13-17-6-4-3-5-15(17)11-12-21/h3-10,14,20,24H,11,13H2,1-2H3,(H,22,23). The summed E-state index contributed by atoms with van der Waals surface area (Å²) in [5, 5.41) is 22.1. The topological polar surface area (TPSA) is 82.3 Å². The van der Waals surface area contributed by atoms with E-state index in [1.807, 2.05) is 24.3 Å². The van der Waals surface area contributed by atoms with Gasteiger partial charge >= 0.3 is 0 Å². The number of aliphatic hydroxyl groups excluding tert-OH is 1. The molecule has 1 amide bonds. The van der Waals surface area contributed by atoms with Crippen molar-refractivity contribution in [3.63, 3.8) is 0 Å². The third-order valence-electron chi connectivity index (χ3n) is 4.06. The molecular formula is C20H22N2O3. The molecule has 0 saturated heterocycles. The van der Waals surface area contributed by atoms with Crippen LogP contribution in [0.15, 0.2) is 48.5 Å². The first-order chi connectivity index (χ1) is 12.0. The Kier molecular flexibility index (Phi) is 6.55. The van der Waals surface area contributed by atoms with E-state index >= 15 is 0 Å². The van der Waals surface area contributed by atoms with Gasteiger partial charge < -0.3 is 15.2 Å². The molecule has 0 aliphatic carbocycles. The lowest BCUT2D eigenvalue weighted by molar-refractivity contribution is -0.121. The van der Waals surface area contributed by atoms with E-state index in [2.05, 4.69) is 11.4 Å². The minimum atomic E-state index is -0.816. The van der Waals surface area contributed by atoms with Crippen molar-refractivity contribution in [3.05, 3.63) is 65.2 Å². The number of benzene rings is 2. The predicted molar refractivity (Wildman–Crippen MR) is 95.0 cm³/mol. The average Bonchev–Trinajstić information content (AvgIpc) is 2.63. The number of amides is 1. The van der Waals surface area contributed by atoms with Gasteiger partial charge in [0.25, 0.3) is 0 Å². The van der Waals surface area contributed by atoms with Gasteiger partial charge in [0.1, 0.15) is 5.75 Å². The third kappa shape index (κ3) is 5.07. The Morgan fingerprint density at radius 2 is 1.84 bits per heavy atom. The first kappa shape index (κ1) is 18.5. The number of ether oxygens (including phenoxy) is 1. The Bertz CT molecular complexity index is 750. The van der Waals surface area contributed by atoms with Crippen LogP contribution >= 0.6 is 0 Å². The molecule has 2 N–H and O–H groups in total. The minimum absolute atomic E-state index is 0.178.